The lowest BCUT2D eigenvalue weighted by atomic mass is 10.2. The van der Waals surface area contributed by atoms with Crippen molar-refractivity contribution in [2.45, 2.75) is 4.90 Å². The second-order valence-electron chi connectivity index (χ2n) is 6.67. The Bertz CT molecular complexity index is 1200. The van der Waals surface area contributed by atoms with Crippen LogP contribution in [0.15, 0.2) is 88.3 Å². The first-order valence-corrected chi connectivity index (χ1v) is 11.1. The van der Waals surface area contributed by atoms with E-state index in [0.29, 0.717) is 15.0 Å². The molecule has 31 heavy (non-hydrogen) atoms. The van der Waals surface area contributed by atoms with Crippen LogP contribution in [0.25, 0.3) is 0 Å². The summed E-state index contributed by atoms with van der Waals surface area (Å²) in [5, 5.41) is 1.22. The minimum absolute atomic E-state index is 0.216. The summed E-state index contributed by atoms with van der Waals surface area (Å²) in [4.78, 5) is 30.8. The number of benzene rings is 3. The van der Waals surface area contributed by atoms with Crippen LogP contribution in [-0.4, -0.2) is 18.9 Å². The second kappa shape index (κ2) is 8.97. The molecule has 8 heteroatoms. The summed E-state index contributed by atoms with van der Waals surface area (Å²) < 4.78 is 0. The predicted molar refractivity (Wildman–Crippen MR) is 128 cm³/mol. The summed E-state index contributed by atoms with van der Waals surface area (Å²) in [6.07, 6.45) is 0. The lowest BCUT2D eigenvalue weighted by Gasteiger charge is -2.21. The van der Waals surface area contributed by atoms with Crippen LogP contribution in [0.5, 0.6) is 0 Å². The molecule has 0 saturated heterocycles. The van der Waals surface area contributed by atoms with Crippen LogP contribution in [0.1, 0.15) is 0 Å². The van der Waals surface area contributed by atoms with Gasteiger partial charge in [-0.1, -0.05) is 64.8 Å². The van der Waals surface area contributed by atoms with E-state index >= 15 is 0 Å². The molecule has 4 rings (SSSR count). The highest BCUT2D eigenvalue weighted by molar-refractivity contribution is 8.04. The number of carbonyl (C=O) groups is 2. The first kappa shape index (κ1) is 21.8. The molecule has 0 atom stereocenters. The lowest BCUT2D eigenvalue weighted by Crippen LogP contribution is -2.34. The molecule has 0 fully saturated rings. The van der Waals surface area contributed by atoms with Crippen LogP contribution in [0.2, 0.25) is 15.1 Å². The molecule has 1 aliphatic heterocycles. The largest absolute Gasteiger partial charge is 0.339 e. The molecule has 0 N–H and O–H groups in total. The predicted octanol–water partition coefficient (Wildman–Crippen LogP) is 6.66. The van der Waals surface area contributed by atoms with Gasteiger partial charge in [0.05, 0.1) is 10.7 Å². The van der Waals surface area contributed by atoms with Crippen molar-refractivity contribution in [3.63, 3.8) is 0 Å². The van der Waals surface area contributed by atoms with Crippen LogP contribution in [0.4, 0.5) is 11.4 Å². The number of rotatable bonds is 5. The van der Waals surface area contributed by atoms with Gasteiger partial charge in [0, 0.05) is 27.7 Å². The molecular weight excluding hydrogens is 475 g/mol. The number of thioether (sulfide) groups is 1. The zero-order chi connectivity index (χ0) is 22.1. The summed E-state index contributed by atoms with van der Waals surface area (Å²) >= 11 is 19.5. The number of imide groups is 1. The van der Waals surface area contributed by atoms with E-state index in [1.807, 2.05) is 30.3 Å². The Morgan fingerprint density at radius 2 is 1.45 bits per heavy atom. The first-order chi connectivity index (χ1) is 14.9. The van der Waals surface area contributed by atoms with Gasteiger partial charge >= 0.3 is 0 Å². The number of likely N-dealkylation sites (N-methyl/N-ethyl adjacent to an activating group) is 1. The Hall–Kier alpha value is -2.44. The van der Waals surface area contributed by atoms with E-state index < -0.39 is 11.8 Å². The van der Waals surface area contributed by atoms with Crippen molar-refractivity contribution in [2.75, 3.05) is 16.8 Å². The first-order valence-electron chi connectivity index (χ1n) is 9.17. The number of amides is 2. The van der Waals surface area contributed by atoms with Crippen molar-refractivity contribution in [3.05, 3.63) is 98.5 Å². The minimum Gasteiger partial charge on any atom is -0.339 e. The number of hydrogen-bond acceptors (Lipinski definition) is 4. The Balaban J connectivity index is 1.81. The highest BCUT2D eigenvalue weighted by atomic mass is 35.5. The molecule has 0 radical (unpaired) electrons. The third-order valence-corrected chi connectivity index (χ3v) is 6.55. The van der Waals surface area contributed by atoms with E-state index in [0.717, 1.165) is 15.5 Å². The van der Waals surface area contributed by atoms with Crippen LogP contribution in [0, 0.1) is 0 Å². The fraction of sp³-hybridized carbons (Fsp3) is 0.0435. The molecule has 0 spiro atoms. The standard InChI is InChI=1S/C23H15Cl3N2O2S/c1-27(16-5-3-2-4-6-16)20-21(31-17-10-7-14(24)8-11-17)23(30)28(22(20)29)19-12-9-15(25)13-18(19)26/h2-13H,1H3. The summed E-state index contributed by atoms with van der Waals surface area (Å²) in [5.74, 6) is -0.913. The average molecular weight is 490 g/mol. The van der Waals surface area contributed by atoms with Crippen molar-refractivity contribution in [2.24, 2.45) is 0 Å². The van der Waals surface area contributed by atoms with E-state index in [1.54, 1.807) is 48.3 Å². The van der Waals surface area contributed by atoms with E-state index in [2.05, 4.69) is 0 Å². The fourth-order valence-electron chi connectivity index (χ4n) is 3.17. The lowest BCUT2D eigenvalue weighted by molar-refractivity contribution is -0.120. The van der Waals surface area contributed by atoms with E-state index in [9.17, 15) is 9.59 Å². The van der Waals surface area contributed by atoms with Crippen LogP contribution in [-0.2, 0) is 9.59 Å². The SMILES string of the molecule is CN(C1=C(Sc2ccc(Cl)cc2)C(=O)N(c2ccc(Cl)cc2Cl)C1=O)c1ccccc1. The number of hydrogen-bond donors (Lipinski definition) is 0. The quantitative estimate of drug-likeness (QED) is 0.376. The van der Waals surface area contributed by atoms with Crippen molar-refractivity contribution in [3.8, 4) is 0 Å². The van der Waals surface area contributed by atoms with Gasteiger partial charge in [-0.2, -0.15) is 0 Å². The molecule has 3 aromatic carbocycles. The monoisotopic (exact) mass is 488 g/mol. The fourth-order valence-corrected chi connectivity index (χ4v) is 4.79. The highest BCUT2D eigenvalue weighted by Gasteiger charge is 2.42. The molecule has 1 heterocycles. The molecule has 0 bridgehead atoms. The average Bonchev–Trinajstić information content (AvgIpc) is 2.99. The highest BCUT2D eigenvalue weighted by Crippen LogP contribution is 2.41. The molecule has 0 saturated carbocycles. The Kier molecular flexibility index (Phi) is 6.30. The Morgan fingerprint density at radius 1 is 0.806 bits per heavy atom. The molecule has 1 aliphatic rings. The topological polar surface area (TPSA) is 40.6 Å². The van der Waals surface area contributed by atoms with E-state index in [-0.39, 0.29) is 16.4 Å². The van der Waals surface area contributed by atoms with Crippen LogP contribution >= 0.6 is 46.6 Å². The molecule has 0 aliphatic carbocycles. The van der Waals surface area contributed by atoms with Gasteiger partial charge < -0.3 is 4.90 Å². The zero-order valence-corrected chi connectivity index (χ0v) is 19.3. The number of nitrogens with zero attached hydrogens (tertiary/aromatic N) is 2. The summed E-state index contributed by atoms with van der Waals surface area (Å²) in [5.41, 5.74) is 1.32. The van der Waals surface area contributed by atoms with E-state index in [4.69, 9.17) is 34.8 Å². The molecule has 156 valence electrons. The zero-order valence-electron chi connectivity index (χ0n) is 16.2. The van der Waals surface area contributed by atoms with Crippen molar-refractivity contribution >= 4 is 69.8 Å². The normalized spacial score (nSPS) is 13.9. The molecular formula is C23H15Cl3N2O2S. The van der Waals surface area contributed by atoms with Gasteiger partial charge in [0.15, 0.2) is 0 Å². The van der Waals surface area contributed by atoms with Gasteiger partial charge in [0.25, 0.3) is 11.8 Å². The number of anilines is 2. The third kappa shape index (κ3) is 4.32. The van der Waals surface area contributed by atoms with Gasteiger partial charge in [-0.15, -0.1) is 0 Å². The second-order valence-corrected chi connectivity index (χ2v) is 9.03. The van der Waals surface area contributed by atoms with Crippen LogP contribution < -0.4 is 9.80 Å². The van der Waals surface area contributed by atoms with Gasteiger partial charge in [-0.05, 0) is 54.6 Å². The molecule has 2 amide bonds. The van der Waals surface area contributed by atoms with Gasteiger partial charge in [0.1, 0.15) is 10.6 Å². The molecule has 0 aromatic heterocycles. The van der Waals surface area contributed by atoms with Gasteiger partial charge in [-0.3, -0.25) is 9.59 Å². The maximum atomic E-state index is 13.5. The maximum Gasteiger partial charge on any atom is 0.283 e. The molecule has 0 unspecified atom stereocenters. The molecule has 4 nitrogen and oxygen atoms in total. The number of para-hydroxylation sites is 1. The Labute approximate surface area is 199 Å². The number of carbonyl (C=O) groups excluding carboxylic acids is 2. The Morgan fingerprint density at radius 3 is 2.10 bits per heavy atom. The van der Waals surface area contributed by atoms with Crippen molar-refractivity contribution in [1.29, 1.82) is 0 Å². The van der Waals surface area contributed by atoms with Crippen molar-refractivity contribution in [1.82, 2.24) is 0 Å². The van der Waals surface area contributed by atoms with Gasteiger partial charge in [-0.25, -0.2) is 4.90 Å². The minimum atomic E-state index is -0.461. The van der Waals surface area contributed by atoms with Crippen molar-refractivity contribution < 1.29 is 9.59 Å². The smallest absolute Gasteiger partial charge is 0.283 e. The molecule has 3 aromatic rings. The third-order valence-electron chi connectivity index (χ3n) is 4.68. The summed E-state index contributed by atoms with van der Waals surface area (Å²) in [6.45, 7) is 0. The van der Waals surface area contributed by atoms with Gasteiger partial charge in [0.2, 0.25) is 0 Å². The maximum absolute atomic E-state index is 13.5. The summed E-state index contributed by atoms with van der Waals surface area (Å²) in [6, 6.07) is 21.1. The number of halogens is 3. The van der Waals surface area contributed by atoms with Crippen LogP contribution in [0.3, 0.4) is 0 Å². The summed E-state index contributed by atoms with van der Waals surface area (Å²) in [7, 11) is 1.76. The van der Waals surface area contributed by atoms with E-state index in [1.165, 1.54) is 17.8 Å².